The lowest BCUT2D eigenvalue weighted by atomic mass is 10.0. The van der Waals surface area contributed by atoms with E-state index in [4.69, 9.17) is 9.47 Å². The molecule has 1 aromatic rings. The lowest BCUT2D eigenvalue weighted by molar-refractivity contribution is -0.216. The van der Waals surface area contributed by atoms with Crippen LogP contribution >= 0.6 is 0 Å². The molecule has 0 radical (unpaired) electrons. The van der Waals surface area contributed by atoms with Crippen LogP contribution in [0.5, 0.6) is 0 Å². The van der Waals surface area contributed by atoms with Gasteiger partial charge in [0.15, 0.2) is 6.29 Å². The molecule has 1 aliphatic heterocycles. The Bertz CT molecular complexity index is 297. The van der Waals surface area contributed by atoms with Gasteiger partial charge in [0.2, 0.25) is 0 Å². The van der Waals surface area contributed by atoms with Gasteiger partial charge in [0.25, 0.3) is 0 Å². The smallest absolute Gasteiger partial charge is 0.164 e. The van der Waals surface area contributed by atoms with Crippen molar-refractivity contribution in [1.82, 2.24) is 0 Å². The summed E-state index contributed by atoms with van der Waals surface area (Å²) in [6.45, 7) is 5.06. The highest BCUT2D eigenvalue weighted by Crippen LogP contribution is 2.26. The molecule has 3 unspecified atom stereocenters. The Balaban J connectivity index is 2.04. The molecule has 2 nitrogen and oxygen atoms in total. The summed E-state index contributed by atoms with van der Waals surface area (Å²) in [5.74, 6) is 0.300. The van der Waals surface area contributed by atoms with Gasteiger partial charge in [-0.2, -0.15) is 0 Å². The highest BCUT2D eigenvalue weighted by atomic mass is 16.7. The molecule has 0 aromatic heterocycles. The van der Waals surface area contributed by atoms with Crippen LogP contribution in [0.2, 0.25) is 0 Å². The summed E-state index contributed by atoms with van der Waals surface area (Å²) in [6, 6.07) is 10.4. The second kappa shape index (κ2) is 4.77. The van der Waals surface area contributed by atoms with Crippen molar-refractivity contribution in [1.29, 1.82) is 0 Å². The molecule has 1 heterocycles. The largest absolute Gasteiger partial charge is 0.352 e. The van der Waals surface area contributed by atoms with Crippen LogP contribution in [0.1, 0.15) is 31.7 Å². The van der Waals surface area contributed by atoms with Gasteiger partial charge < -0.3 is 9.47 Å². The summed E-state index contributed by atoms with van der Waals surface area (Å²) >= 11 is 0. The minimum absolute atomic E-state index is 0.0869. The Morgan fingerprint density at radius 3 is 2.67 bits per heavy atom. The van der Waals surface area contributed by atoms with Crippen LogP contribution in [0, 0.1) is 0 Å². The third-order valence-corrected chi connectivity index (χ3v) is 2.91. The Kier molecular flexibility index (Phi) is 3.39. The van der Waals surface area contributed by atoms with Crippen molar-refractivity contribution in [3.05, 3.63) is 35.9 Å². The van der Waals surface area contributed by atoms with Crippen LogP contribution in [0.4, 0.5) is 0 Å². The minimum atomic E-state index is -0.0869. The maximum atomic E-state index is 5.78. The fourth-order valence-electron chi connectivity index (χ4n) is 1.86. The van der Waals surface area contributed by atoms with Crippen LogP contribution in [-0.4, -0.2) is 19.0 Å². The molecule has 0 saturated carbocycles. The Hall–Kier alpha value is -0.860. The molecule has 2 rings (SSSR count). The predicted octanol–water partition coefficient (Wildman–Crippen LogP) is 2.94. The van der Waals surface area contributed by atoms with Gasteiger partial charge in [0.1, 0.15) is 0 Å². The SMILES string of the molecule is CC1CCOC(C(C)c2ccccc2)O1. The van der Waals surface area contributed by atoms with Crippen LogP contribution < -0.4 is 0 Å². The number of ether oxygens (including phenoxy) is 2. The molecular formula is C13H18O2. The van der Waals surface area contributed by atoms with Crippen molar-refractivity contribution in [3.63, 3.8) is 0 Å². The lowest BCUT2D eigenvalue weighted by Gasteiger charge is -2.32. The van der Waals surface area contributed by atoms with Gasteiger partial charge in [-0.1, -0.05) is 37.3 Å². The molecule has 0 aliphatic carbocycles. The van der Waals surface area contributed by atoms with Gasteiger partial charge >= 0.3 is 0 Å². The van der Waals surface area contributed by atoms with Crippen molar-refractivity contribution in [2.24, 2.45) is 0 Å². The quantitative estimate of drug-likeness (QED) is 0.740. The number of rotatable bonds is 2. The van der Waals surface area contributed by atoms with Gasteiger partial charge in [-0.25, -0.2) is 0 Å². The van der Waals surface area contributed by atoms with Gasteiger partial charge in [0, 0.05) is 5.92 Å². The average Bonchev–Trinajstić information content (AvgIpc) is 2.29. The third-order valence-electron chi connectivity index (χ3n) is 2.91. The molecule has 2 heteroatoms. The standard InChI is InChI=1S/C13H18O2/c1-10-8-9-14-13(15-10)11(2)12-6-4-3-5-7-12/h3-7,10-11,13H,8-9H2,1-2H3. The first-order valence-electron chi connectivity index (χ1n) is 5.59. The van der Waals surface area contributed by atoms with Crippen molar-refractivity contribution >= 4 is 0 Å². The molecule has 82 valence electrons. The zero-order valence-electron chi connectivity index (χ0n) is 9.35. The van der Waals surface area contributed by atoms with E-state index >= 15 is 0 Å². The van der Waals surface area contributed by atoms with Crippen molar-refractivity contribution < 1.29 is 9.47 Å². The molecular weight excluding hydrogens is 188 g/mol. The normalized spacial score (nSPS) is 28.7. The van der Waals surface area contributed by atoms with Crippen LogP contribution in [-0.2, 0) is 9.47 Å². The van der Waals surface area contributed by atoms with Crippen molar-refractivity contribution in [3.8, 4) is 0 Å². The molecule has 0 bridgehead atoms. The number of hydrogen-bond donors (Lipinski definition) is 0. The Morgan fingerprint density at radius 1 is 1.27 bits per heavy atom. The van der Waals surface area contributed by atoms with E-state index in [1.165, 1.54) is 5.56 Å². The van der Waals surface area contributed by atoms with E-state index in [0.717, 1.165) is 13.0 Å². The van der Waals surface area contributed by atoms with E-state index in [1.807, 2.05) is 6.07 Å². The molecule has 1 aliphatic rings. The maximum absolute atomic E-state index is 5.78. The monoisotopic (exact) mass is 206 g/mol. The summed E-state index contributed by atoms with van der Waals surface area (Å²) in [5.41, 5.74) is 1.27. The highest BCUT2D eigenvalue weighted by molar-refractivity contribution is 5.19. The number of benzene rings is 1. The van der Waals surface area contributed by atoms with Crippen LogP contribution in [0.15, 0.2) is 30.3 Å². The van der Waals surface area contributed by atoms with Crippen LogP contribution in [0.25, 0.3) is 0 Å². The van der Waals surface area contributed by atoms with E-state index in [9.17, 15) is 0 Å². The number of hydrogen-bond acceptors (Lipinski definition) is 2. The van der Waals surface area contributed by atoms with Crippen molar-refractivity contribution in [2.75, 3.05) is 6.61 Å². The molecule has 15 heavy (non-hydrogen) atoms. The Morgan fingerprint density at radius 2 is 2.00 bits per heavy atom. The van der Waals surface area contributed by atoms with Gasteiger partial charge in [0.05, 0.1) is 12.7 Å². The predicted molar refractivity (Wildman–Crippen MR) is 59.8 cm³/mol. The zero-order valence-corrected chi connectivity index (χ0v) is 9.35. The highest BCUT2D eigenvalue weighted by Gasteiger charge is 2.25. The molecule has 1 fully saturated rings. The van der Waals surface area contributed by atoms with E-state index in [0.29, 0.717) is 12.0 Å². The second-order valence-electron chi connectivity index (χ2n) is 4.17. The summed E-state index contributed by atoms with van der Waals surface area (Å²) in [4.78, 5) is 0. The van der Waals surface area contributed by atoms with E-state index in [-0.39, 0.29) is 6.29 Å². The van der Waals surface area contributed by atoms with E-state index < -0.39 is 0 Å². The maximum Gasteiger partial charge on any atom is 0.164 e. The first-order valence-corrected chi connectivity index (χ1v) is 5.59. The van der Waals surface area contributed by atoms with Gasteiger partial charge in [-0.05, 0) is 18.9 Å². The lowest BCUT2D eigenvalue weighted by Crippen LogP contribution is -2.34. The van der Waals surface area contributed by atoms with Crippen molar-refractivity contribution in [2.45, 2.75) is 38.6 Å². The molecule has 0 N–H and O–H groups in total. The Labute approximate surface area is 91.2 Å². The summed E-state index contributed by atoms with van der Waals surface area (Å²) < 4.78 is 11.4. The van der Waals surface area contributed by atoms with E-state index in [2.05, 4.69) is 38.1 Å². The molecule has 0 spiro atoms. The second-order valence-corrected chi connectivity index (χ2v) is 4.17. The summed E-state index contributed by atoms with van der Waals surface area (Å²) in [7, 11) is 0. The average molecular weight is 206 g/mol. The van der Waals surface area contributed by atoms with E-state index in [1.54, 1.807) is 0 Å². The van der Waals surface area contributed by atoms with Crippen LogP contribution in [0.3, 0.4) is 0 Å². The first kappa shape index (κ1) is 10.7. The van der Waals surface area contributed by atoms with Gasteiger partial charge in [-0.15, -0.1) is 0 Å². The third kappa shape index (κ3) is 2.58. The molecule has 1 saturated heterocycles. The minimum Gasteiger partial charge on any atom is -0.352 e. The van der Waals surface area contributed by atoms with Gasteiger partial charge in [-0.3, -0.25) is 0 Å². The fraction of sp³-hybridized carbons (Fsp3) is 0.538. The molecule has 1 aromatic carbocycles. The molecule has 0 amide bonds. The topological polar surface area (TPSA) is 18.5 Å². The fourth-order valence-corrected chi connectivity index (χ4v) is 1.86. The summed E-state index contributed by atoms with van der Waals surface area (Å²) in [5, 5.41) is 0. The summed E-state index contributed by atoms with van der Waals surface area (Å²) in [6.07, 6.45) is 1.23. The first-order chi connectivity index (χ1) is 7.27. The zero-order chi connectivity index (χ0) is 10.7. The molecule has 3 atom stereocenters.